The Kier molecular flexibility index (Phi) is 1.25. The molecular formula is C9H10N2. The molecular weight excluding hydrogens is 136 g/mol. The smallest absolute Gasteiger partial charge is 0.0750 e. The van der Waals surface area contributed by atoms with Gasteiger partial charge in [-0.1, -0.05) is 5.92 Å². The van der Waals surface area contributed by atoms with Gasteiger partial charge in [0.2, 0.25) is 0 Å². The van der Waals surface area contributed by atoms with Crippen LogP contribution in [-0.2, 0) is 0 Å². The molecule has 0 aliphatic heterocycles. The normalized spacial score (nSPS) is 16.4. The first-order chi connectivity index (χ1) is 5.31. The van der Waals surface area contributed by atoms with E-state index in [4.69, 9.17) is 6.42 Å². The van der Waals surface area contributed by atoms with Crippen LogP contribution in [0.15, 0.2) is 6.20 Å². The average molecular weight is 146 g/mol. The van der Waals surface area contributed by atoms with Crippen molar-refractivity contribution < 1.29 is 0 Å². The molecule has 0 aromatic carbocycles. The highest BCUT2D eigenvalue weighted by Crippen LogP contribution is 2.34. The summed E-state index contributed by atoms with van der Waals surface area (Å²) in [4.78, 5) is 0. The highest BCUT2D eigenvalue weighted by molar-refractivity contribution is 5.33. The second-order valence-corrected chi connectivity index (χ2v) is 2.98. The molecule has 2 nitrogen and oxygen atoms in total. The summed E-state index contributed by atoms with van der Waals surface area (Å²) >= 11 is 0. The first kappa shape index (κ1) is 6.48. The summed E-state index contributed by atoms with van der Waals surface area (Å²) in [6.07, 6.45) is 9.76. The minimum Gasteiger partial charge on any atom is -0.268 e. The van der Waals surface area contributed by atoms with E-state index in [9.17, 15) is 0 Å². The van der Waals surface area contributed by atoms with Crippen LogP contribution in [-0.4, -0.2) is 9.78 Å². The first-order valence-electron chi connectivity index (χ1n) is 3.83. The Morgan fingerprint density at radius 1 is 1.73 bits per heavy atom. The van der Waals surface area contributed by atoms with Crippen molar-refractivity contribution >= 4 is 0 Å². The Morgan fingerprint density at radius 2 is 2.45 bits per heavy atom. The first-order valence-corrected chi connectivity index (χ1v) is 3.83. The molecule has 2 rings (SSSR count). The maximum atomic E-state index is 5.28. The van der Waals surface area contributed by atoms with E-state index in [2.05, 4.69) is 11.0 Å². The number of aryl methyl sites for hydroxylation is 1. The fourth-order valence-electron chi connectivity index (χ4n) is 1.15. The molecule has 0 atom stereocenters. The number of hydrogen-bond acceptors (Lipinski definition) is 1. The predicted molar refractivity (Wildman–Crippen MR) is 43.2 cm³/mol. The zero-order valence-corrected chi connectivity index (χ0v) is 6.54. The minimum absolute atomic E-state index is 0.635. The molecule has 0 N–H and O–H groups in total. The van der Waals surface area contributed by atoms with Gasteiger partial charge in [0.05, 0.1) is 17.3 Å². The van der Waals surface area contributed by atoms with Crippen LogP contribution < -0.4 is 0 Å². The van der Waals surface area contributed by atoms with Crippen LogP contribution in [0.25, 0.3) is 0 Å². The van der Waals surface area contributed by atoms with E-state index in [1.807, 2.05) is 17.8 Å². The number of hydrogen-bond donors (Lipinski definition) is 0. The Hall–Kier alpha value is -1.23. The van der Waals surface area contributed by atoms with E-state index in [-0.39, 0.29) is 0 Å². The molecule has 1 saturated carbocycles. The third-order valence-corrected chi connectivity index (χ3v) is 1.99. The Bertz CT molecular complexity index is 313. The number of rotatable bonds is 1. The second-order valence-electron chi connectivity index (χ2n) is 2.98. The van der Waals surface area contributed by atoms with Crippen molar-refractivity contribution in [3.63, 3.8) is 0 Å². The van der Waals surface area contributed by atoms with Gasteiger partial charge in [-0.2, -0.15) is 5.10 Å². The minimum atomic E-state index is 0.635. The quantitative estimate of drug-likeness (QED) is 0.549. The summed E-state index contributed by atoms with van der Waals surface area (Å²) in [6.45, 7) is 1.95. The summed E-state index contributed by atoms with van der Waals surface area (Å²) < 4.78 is 1.99. The molecule has 0 radical (unpaired) electrons. The Morgan fingerprint density at radius 3 is 2.91 bits per heavy atom. The molecule has 1 fully saturated rings. The third-order valence-electron chi connectivity index (χ3n) is 1.99. The van der Waals surface area contributed by atoms with Gasteiger partial charge in [0.15, 0.2) is 0 Å². The van der Waals surface area contributed by atoms with E-state index in [1.165, 1.54) is 12.8 Å². The van der Waals surface area contributed by atoms with Gasteiger partial charge in [0.1, 0.15) is 0 Å². The highest BCUT2D eigenvalue weighted by atomic mass is 15.3. The fraction of sp³-hybridized carbons (Fsp3) is 0.444. The van der Waals surface area contributed by atoms with Crippen molar-refractivity contribution in [1.29, 1.82) is 0 Å². The lowest BCUT2D eigenvalue weighted by molar-refractivity contribution is 0.635. The van der Waals surface area contributed by atoms with Gasteiger partial charge >= 0.3 is 0 Å². The standard InChI is InChI=1S/C9H10N2/c1-3-8-6-11(9-4-5-9)10-7(8)2/h1,6,9H,4-5H2,2H3. The third kappa shape index (κ3) is 1.03. The summed E-state index contributed by atoms with van der Waals surface area (Å²) in [7, 11) is 0. The van der Waals surface area contributed by atoms with Crippen molar-refractivity contribution in [1.82, 2.24) is 9.78 Å². The van der Waals surface area contributed by atoms with Gasteiger partial charge in [-0.05, 0) is 19.8 Å². The van der Waals surface area contributed by atoms with Crippen molar-refractivity contribution in [2.75, 3.05) is 0 Å². The summed E-state index contributed by atoms with van der Waals surface area (Å²) in [5.41, 5.74) is 1.90. The molecule has 1 aromatic heterocycles. The fourth-order valence-corrected chi connectivity index (χ4v) is 1.15. The lowest BCUT2D eigenvalue weighted by Gasteiger charge is -1.92. The van der Waals surface area contributed by atoms with E-state index in [0.29, 0.717) is 6.04 Å². The number of terminal acetylenes is 1. The largest absolute Gasteiger partial charge is 0.268 e. The Balaban J connectivity index is 2.38. The number of aromatic nitrogens is 2. The maximum absolute atomic E-state index is 5.28. The molecule has 0 bridgehead atoms. The van der Waals surface area contributed by atoms with Crippen molar-refractivity contribution in [2.45, 2.75) is 25.8 Å². The van der Waals surface area contributed by atoms with E-state index >= 15 is 0 Å². The molecule has 0 amide bonds. The van der Waals surface area contributed by atoms with Gasteiger partial charge in [-0.15, -0.1) is 6.42 Å². The molecule has 11 heavy (non-hydrogen) atoms. The highest BCUT2D eigenvalue weighted by Gasteiger charge is 2.24. The van der Waals surface area contributed by atoms with Gasteiger partial charge in [0, 0.05) is 6.20 Å². The lowest BCUT2D eigenvalue weighted by Crippen LogP contribution is -1.93. The zero-order chi connectivity index (χ0) is 7.84. The van der Waals surface area contributed by atoms with Crippen molar-refractivity contribution in [3.8, 4) is 12.3 Å². The van der Waals surface area contributed by atoms with E-state index in [1.54, 1.807) is 0 Å². The van der Waals surface area contributed by atoms with Crippen LogP contribution in [0.3, 0.4) is 0 Å². The van der Waals surface area contributed by atoms with Crippen molar-refractivity contribution in [3.05, 3.63) is 17.5 Å². The second kappa shape index (κ2) is 2.13. The van der Waals surface area contributed by atoms with Crippen LogP contribution >= 0.6 is 0 Å². The van der Waals surface area contributed by atoms with Crippen LogP contribution in [0.4, 0.5) is 0 Å². The van der Waals surface area contributed by atoms with Crippen molar-refractivity contribution in [2.24, 2.45) is 0 Å². The molecule has 2 heteroatoms. The lowest BCUT2D eigenvalue weighted by atomic mass is 10.3. The summed E-state index contributed by atoms with van der Waals surface area (Å²) in [6, 6.07) is 0.635. The van der Waals surface area contributed by atoms with Crippen LogP contribution in [0.2, 0.25) is 0 Å². The molecule has 1 aliphatic carbocycles. The molecule has 0 spiro atoms. The molecule has 0 unspecified atom stereocenters. The average Bonchev–Trinajstić information content (AvgIpc) is 2.76. The van der Waals surface area contributed by atoms with Gasteiger partial charge in [-0.3, -0.25) is 4.68 Å². The molecule has 1 aromatic rings. The maximum Gasteiger partial charge on any atom is 0.0750 e. The van der Waals surface area contributed by atoms with Gasteiger partial charge in [-0.25, -0.2) is 0 Å². The zero-order valence-electron chi connectivity index (χ0n) is 6.54. The van der Waals surface area contributed by atoms with E-state index < -0.39 is 0 Å². The van der Waals surface area contributed by atoms with Gasteiger partial charge in [0.25, 0.3) is 0 Å². The van der Waals surface area contributed by atoms with E-state index in [0.717, 1.165) is 11.3 Å². The summed E-state index contributed by atoms with van der Waals surface area (Å²) in [5, 5.41) is 4.32. The topological polar surface area (TPSA) is 17.8 Å². The monoisotopic (exact) mass is 146 g/mol. The SMILES string of the molecule is C#Cc1cn(C2CC2)nc1C. The predicted octanol–water partition coefficient (Wildman–Crippen LogP) is 1.51. The molecule has 1 heterocycles. The summed E-state index contributed by atoms with van der Waals surface area (Å²) in [5.74, 6) is 2.61. The molecule has 1 aliphatic rings. The van der Waals surface area contributed by atoms with Crippen LogP contribution in [0.5, 0.6) is 0 Å². The van der Waals surface area contributed by atoms with Crippen LogP contribution in [0, 0.1) is 19.3 Å². The Labute approximate surface area is 66.2 Å². The number of nitrogens with zero attached hydrogens (tertiary/aromatic N) is 2. The molecule has 0 saturated heterocycles. The molecule has 56 valence electrons. The van der Waals surface area contributed by atoms with Gasteiger partial charge < -0.3 is 0 Å². The van der Waals surface area contributed by atoms with Crippen LogP contribution in [0.1, 0.15) is 30.1 Å².